The molecule has 1 aliphatic rings. The Morgan fingerprint density at radius 2 is 2.14 bits per heavy atom. The average Bonchev–Trinajstić information content (AvgIpc) is 2.48. The third kappa shape index (κ3) is 5.58. The van der Waals surface area contributed by atoms with Crippen LogP contribution in [0.15, 0.2) is 18.2 Å². The highest BCUT2D eigenvalue weighted by Gasteiger charge is 2.15. The molecule has 4 heteroatoms. The minimum Gasteiger partial charge on any atom is -0.362 e. The Morgan fingerprint density at radius 3 is 2.86 bits per heavy atom. The molecule has 1 aliphatic heterocycles. The van der Waals surface area contributed by atoms with Gasteiger partial charge in [0.25, 0.3) is 0 Å². The van der Waals surface area contributed by atoms with Crippen LogP contribution >= 0.6 is 12.2 Å². The third-order valence-electron chi connectivity index (χ3n) is 4.44. The summed E-state index contributed by atoms with van der Waals surface area (Å²) in [6, 6.07) is 6.33. The second-order valence-corrected chi connectivity index (χ2v) is 6.99. The van der Waals surface area contributed by atoms with Crippen LogP contribution in [0, 0.1) is 19.8 Å². The Bertz CT molecular complexity index is 501. The molecule has 1 saturated heterocycles. The Labute approximate surface area is 140 Å². The SMILES string of the molecule is Cc1ccc(NC(=S)NCCCN2CCCC(C)C2)cc1C. The van der Waals surface area contributed by atoms with Gasteiger partial charge in [-0.05, 0) is 87.6 Å². The number of hydrogen-bond acceptors (Lipinski definition) is 2. The van der Waals surface area contributed by atoms with Crippen LogP contribution in [0.1, 0.15) is 37.3 Å². The minimum absolute atomic E-state index is 0.718. The van der Waals surface area contributed by atoms with Crippen LogP contribution in [-0.4, -0.2) is 36.2 Å². The zero-order valence-corrected chi connectivity index (χ0v) is 14.9. The van der Waals surface area contributed by atoms with Crippen LogP contribution in [0.25, 0.3) is 0 Å². The van der Waals surface area contributed by atoms with E-state index in [1.165, 1.54) is 43.6 Å². The van der Waals surface area contributed by atoms with E-state index in [9.17, 15) is 0 Å². The molecule has 22 heavy (non-hydrogen) atoms. The highest BCUT2D eigenvalue weighted by Crippen LogP contribution is 2.15. The van der Waals surface area contributed by atoms with E-state index in [0.717, 1.165) is 29.7 Å². The van der Waals surface area contributed by atoms with Crippen molar-refractivity contribution in [3.05, 3.63) is 29.3 Å². The van der Waals surface area contributed by atoms with Crippen molar-refractivity contribution in [1.82, 2.24) is 10.2 Å². The first-order chi connectivity index (χ1) is 10.5. The van der Waals surface area contributed by atoms with Gasteiger partial charge in [0, 0.05) is 18.8 Å². The molecule has 1 aromatic rings. The molecule has 0 saturated carbocycles. The summed E-state index contributed by atoms with van der Waals surface area (Å²) < 4.78 is 0. The predicted octanol–water partition coefficient (Wildman–Crippen LogP) is 3.71. The van der Waals surface area contributed by atoms with Crippen molar-refractivity contribution in [2.45, 2.75) is 40.0 Å². The maximum absolute atomic E-state index is 5.36. The van der Waals surface area contributed by atoms with Gasteiger partial charge in [-0.3, -0.25) is 0 Å². The van der Waals surface area contributed by atoms with Gasteiger partial charge < -0.3 is 15.5 Å². The molecule has 0 aromatic heterocycles. The Hall–Kier alpha value is -1.13. The highest BCUT2D eigenvalue weighted by molar-refractivity contribution is 7.80. The number of nitrogens with zero attached hydrogens (tertiary/aromatic N) is 1. The van der Waals surface area contributed by atoms with Gasteiger partial charge in [0.1, 0.15) is 0 Å². The summed E-state index contributed by atoms with van der Waals surface area (Å²) in [4.78, 5) is 2.58. The summed E-state index contributed by atoms with van der Waals surface area (Å²) in [5.41, 5.74) is 3.65. The van der Waals surface area contributed by atoms with E-state index in [-0.39, 0.29) is 0 Å². The van der Waals surface area contributed by atoms with E-state index in [1.807, 2.05) is 0 Å². The fourth-order valence-electron chi connectivity index (χ4n) is 2.99. The largest absolute Gasteiger partial charge is 0.362 e. The van der Waals surface area contributed by atoms with E-state index in [1.54, 1.807) is 0 Å². The van der Waals surface area contributed by atoms with Gasteiger partial charge in [0.2, 0.25) is 0 Å². The number of hydrogen-bond donors (Lipinski definition) is 2. The van der Waals surface area contributed by atoms with Gasteiger partial charge >= 0.3 is 0 Å². The lowest BCUT2D eigenvalue weighted by atomic mass is 10.0. The van der Waals surface area contributed by atoms with E-state index in [2.05, 4.69) is 54.5 Å². The number of rotatable bonds is 5. The van der Waals surface area contributed by atoms with Crippen molar-refractivity contribution < 1.29 is 0 Å². The van der Waals surface area contributed by atoms with E-state index in [4.69, 9.17) is 12.2 Å². The number of thiocarbonyl (C=S) groups is 1. The molecular formula is C18H29N3S. The molecule has 1 unspecified atom stereocenters. The summed E-state index contributed by atoms with van der Waals surface area (Å²) in [7, 11) is 0. The van der Waals surface area contributed by atoms with Crippen molar-refractivity contribution in [1.29, 1.82) is 0 Å². The Balaban J connectivity index is 1.64. The molecule has 1 heterocycles. The van der Waals surface area contributed by atoms with Crippen molar-refractivity contribution in [3.63, 3.8) is 0 Å². The fourth-order valence-corrected chi connectivity index (χ4v) is 3.21. The van der Waals surface area contributed by atoms with E-state index < -0.39 is 0 Å². The van der Waals surface area contributed by atoms with Crippen LogP contribution in [0.3, 0.4) is 0 Å². The molecule has 0 radical (unpaired) electrons. The molecular weight excluding hydrogens is 290 g/mol. The molecule has 0 aliphatic carbocycles. The first kappa shape index (κ1) is 17.2. The quantitative estimate of drug-likeness (QED) is 0.639. The van der Waals surface area contributed by atoms with Crippen molar-refractivity contribution in [2.75, 3.05) is 31.5 Å². The lowest BCUT2D eigenvalue weighted by Gasteiger charge is -2.30. The lowest BCUT2D eigenvalue weighted by Crippen LogP contribution is -2.37. The minimum atomic E-state index is 0.718. The van der Waals surface area contributed by atoms with Gasteiger partial charge in [0.15, 0.2) is 5.11 Å². The monoisotopic (exact) mass is 319 g/mol. The van der Waals surface area contributed by atoms with E-state index in [0.29, 0.717) is 0 Å². The maximum atomic E-state index is 5.36. The first-order valence-electron chi connectivity index (χ1n) is 8.39. The van der Waals surface area contributed by atoms with Crippen molar-refractivity contribution in [2.24, 2.45) is 5.92 Å². The van der Waals surface area contributed by atoms with Crippen molar-refractivity contribution >= 4 is 23.0 Å². The number of nitrogens with one attached hydrogen (secondary N) is 2. The molecule has 1 aromatic carbocycles. The second-order valence-electron chi connectivity index (χ2n) is 6.58. The average molecular weight is 320 g/mol. The van der Waals surface area contributed by atoms with Crippen LogP contribution in [-0.2, 0) is 0 Å². The van der Waals surface area contributed by atoms with Gasteiger partial charge in [-0.15, -0.1) is 0 Å². The number of anilines is 1. The molecule has 122 valence electrons. The Morgan fingerprint density at radius 1 is 1.32 bits per heavy atom. The third-order valence-corrected chi connectivity index (χ3v) is 4.69. The summed E-state index contributed by atoms with van der Waals surface area (Å²) in [5, 5.41) is 7.29. The molecule has 0 spiro atoms. The molecule has 2 N–H and O–H groups in total. The molecule has 1 fully saturated rings. The molecule has 0 amide bonds. The molecule has 0 bridgehead atoms. The first-order valence-corrected chi connectivity index (χ1v) is 8.80. The van der Waals surface area contributed by atoms with Crippen LogP contribution in [0.2, 0.25) is 0 Å². The van der Waals surface area contributed by atoms with E-state index >= 15 is 0 Å². The number of piperidine rings is 1. The predicted molar refractivity (Wildman–Crippen MR) is 99.6 cm³/mol. The van der Waals surface area contributed by atoms with Gasteiger partial charge in [-0.25, -0.2) is 0 Å². The lowest BCUT2D eigenvalue weighted by molar-refractivity contribution is 0.182. The fraction of sp³-hybridized carbons (Fsp3) is 0.611. The zero-order chi connectivity index (χ0) is 15.9. The smallest absolute Gasteiger partial charge is 0.170 e. The van der Waals surface area contributed by atoms with Crippen molar-refractivity contribution in [3.8, 4) is 0 Å². The number of likely N-dealkylation sites (tertiary alicyclic amines) is 1. The summed E-state index contributed by atoms with van der Waals surface area (Å²) in [6.45, 7) is 11.2. The van der Waals surface area contributed by atoms with Gasteiger partial charge in [-0.1, -0.05) is 13.0 Å². The zero-order valence-electron chi connectivity index (χ0n) is 14.1. The standard InChI is InChI=1S/C18H29N3S/c1-14-6-4-10-21(13-14)11-5-9-19-18(22)20-17-8-7-15(2)16(3)12-17/h7-8,12,14H,4-6,9-11,13H2,1-3H3,(H2,19,20,22). The van der Waals surface area contributed by atoms with Gasteiger partial charge in [-0.2, -0.15) is 0 Å². The summed E-state index contributed by atoms with van der Waals surface area (Å²) in [5.74, 6) is 0.856. The number of aryl methyl sites for hydroxylation is 2. The Kier molecular flexibility index (Phi) is 6.65. The second kappa shape index (κ2) is 8.49. The molecule has 2 rings (SSSR count). The maximum Gasteiger partial charge on any atom is 0.170 e. The van der Waals surface area contributed by atoms with Crippen LogP contribution < -0.4 is 10.6 Å². The molecule has 3 nitrogen and oxygen atoms in total. The highest BCUT2D eigenvalue weighted by atomic mass is 32.1. The van der Waals surface area contributed by atoms with Gasteiger partial charge in [0.05, 0.1) is 0 Å². The normalized spacial score (nSPS) is 19.0. The van der Waals surface area contributed by atoms with Crippen LogP contribution in [0.5, 0.6) is 0 Å². The van der Waals surface area contributed by atoms with Crippen LogP contribution in [0.4, 0.5) is 5.69 Å². The summed E-state index contributed by atoms with van der Waals surface area (Å²) in [6.07, 6.45) is 3.88. The number of benzene rings is 1. The topological polar surface area (TPSA) is 27.3 Å². The molecule has 1 atom stereocenters. The summed E-state index contributed by atoms with van der Waals surface area (Å²) >= 11 is 5.36.